The van der Waals surface area contributed by atoms with Gasteiger partial charge in [0.25, 0.3) is 0 Å². The van der Waals surface area contributed by atoms with E-state index in [1.807, 2.05) is 60.7 Å². The Balaban J connectivity index is 0.000000172. The van der Waals surface area contributed by atoms with Crippen molar-refractivity contribution in [3.05, 3.63) is 162 Å². The van der Waals surface area contributed by atoms with E-state index in [0.29, 0.717) is 0 Å². The topological polar surface area (TPSA) is 0 Å². The van der Waals surface area contributed by atoms with Crippen molar-refractivity contribution in [2.75, 3.05) is 0 Å². The predicted octanol–water partition coefficient (Wildman–Crippen LogP) is 8.16. The van der Waals surface area contributed by atoms with Gasteiger partial charge in [-0.15, -0.1) is 0 Å². The van der Waals surface area contributed by atoms with E-state index in [9.17, 15) is 0 Å². The van der Waals surface area contributed by atoms with Gasteiger partial charge in [0.15, 0.2) is 0 Å². The molecule has 0 aromatic heterocycles. The molecule has 0 aliphatic carbocycles. The van der Waals surface area contributed by atoms with Crippen molar-refractivity contribution in [3.63, 3.8) is 0 Å². The lowest BCUT2D eigenvalue weighted by atomic mass is 9.98. The molecule has 146 valence electrons. The molecule has 0 N–H and O–H groups in total. The van der Waals surface area contributed by atoms with Gasteiger partial charge in [-0.1, -0.05) is 152 Å². The minimum Gasteiger partial charge on any atom is -0.0990 e. The molecule has 0 unspecified atom stereocenters. The molecule has 30 heavy (non-hydrogen) atoms. The molecule has 0 saturated carbocycles. The molecular formula is C30H26. The van der Waals surface area contributed by atoms with Crippen LogP contribution in [0.3, 0.4) is 0 Å². The molecule has 0 aliphatic heterocycles. The summed E-state index contributed by atoms with van der Waals surface area (Å²) < 4.78 is 0. The van der Waals surface area contributed by atoms with Crippen LogP contribution in [0.25, 0.3) is 17.7 Å². The van der Waals surface area contributed by atoms with E-state index < -0.39 is 0 Å². The highest BCUT2D eigenvalue weighted by atomic mass is 14.1. The molecule has 0 heterocycles. The molecule has 0 aliphatic rings. The summed E-state index contributed by atoms with van der Waals surface area (Å²) in [7, 11) is 0. The molecule has 0 heteroatoms. The van der Waals surface area contributed by atoms with E-state index in [4.69, 9.17) is 0 Å². The number of allylic oxidation sites excluding steroid dienone is 2. The molecular weight excluding hydrogens is 360 g/mol. The second kappa shape index (κ2) is 11.8. The zero-order chi connectivity index (χ0) is 20.9. The predicted molar refractivity (Wildman–Crippen MR) is 132 cm³/mol. The minimum atomic E-state index is 1.20. The monoisotopic (exact) mass is 386 g/mol. The zero-order valence-corrected chi connectivity index (χ0v) is 17.1. The van der Waals surface area contributed by atoms with Crippen molar-refractivity contribution in [1.82, 2.24) is 0 Å². The van der Waals surface area contributed by atoms with Crippen LogP contribution < -0.4 is 0 Å². The molecule has 0 radical (unpaired) electrons. The molecule has 0 spiro atoms. The first-order chi connectivity index (χ1) is 14.9. The van der Waals surface area contributed by atoms with Crippen LogP contribution in [0.15, 0.2) is 140 Å². The van der Waals surface area contributed by atoms with Gasteiger partial charge in [-0.05, 0) is 27.8 Å². The van der Waals surface area contributed by atoms with Crippen LogP contribution in [0, 0.1) is 0 Å². The van der Waals surface area contributed by atoms with Gasteiger partial charge in [0, 0.05) is 0 Å². The first-order valence-corrected chi connectivity index (χ1v) is 10.1. The summed E-state index contributed by atoms with van der Waals surface area (Å²) in [4.78, 5) is 0. The van der Waals surface area contributed by atoms with Gasteiger partial charge >= 0.3 is 0 Å². The van der Waals surface area contributed by atoms with E-state index in [0.717, 1.165) is 0 Å². The van der Waals surface area contributed by atoms with Gasteiger partial charge in [-0.25, -0.2) is 0 Å². The molecule has 0 saturated heterocycles. The van der Waals surface area contributed by atoms with Crippen molar-refractivity contribution in [1.29, 1.82) is 0 Å². The van der Waals surface area contributed by atoms with Gasteiger partial charge < -0.3 is 0 Å². The second-order valence-electron chi connectivity index (χ2n) is 6.70. The fourth-order valence-corrected chi connectivity index (χ4v) is 3.03. The summed E-state index contributed by atoms with van der Waals surface area (Å²) in [5.41, 5.74) is 6.10. The first-order valence-electron chi connectivity index (χ1n) is 10.1. The maximum atomic E-state index is 3.78. The van der Waals surface area contributed by atoms with Crippen LogP contribution in [-0.2, 0) is 0 Å². The van der Waals surface area contributed by atoms with Crippen LogP contribution in [0.5, 0.6) is 0 Å². The van der Waals surface area contributed by atoms with Gasteiger partial charge in [0.1, 0.15) is 0 Å². The zero-order valence-electron chi connectivity index (χ0n) is 17.1. The third kappa shape index (κ3) is 6.61. The lowest BCUT2D eigenvalue weighted by Crippen LogP contribution is -1.86. The normalized spacial score (nSPS) is 10.0. The van der Waals surface area contributed by atoms with E-state index >= 15 is 0 Å². The Morgan fingerprint density at radius 2 is 0.800 bits per heavy atom. The smallest absolute Gasteiger partial charge is 0.0112 e. The highest BCUT2D eigenvalue weighted by Crippen LogP contribution is 2.22. The Kier molecular flexibility index (Phi) is 8.21. The largest absolute Gasteiger partial charge is 0.0990 e. The summed E-state index contributed by atoms with van der Waals surface area (Å²) in [5, 5.41) is 0. The number of benzene rings is 4. The number of hydrogen-bond donors (Lipinski definition) is 0. The van der Waals surface area contributed by atoms with E-state index in [1.165, 1.54) is 27.8 Å². The fraction of sp³-hybridized carbons (Fsp3) is 0. The Morgan fingerprint density at radius 3 is 1.13 bits per heavy atom. The summed E-state index contributed by atoms with van der Waals surface area (Å²) in [6.07, 6.45) is 8.12. The standard InChI is InChI=1S/C16H14.C14H12/c1-2-9-16(14-10-5-3-6-11-14)15-12-7-4-8-13-15;1-3-7-13(8-4-1)11-12-14-9-5-2-6-10-14/h2-13H,1H2;1-12H/b;12-11+. The molecule has 0 fully saturated rings. The summed E-state index contributed by atoms with van der Waals surface area (Å²) in [6.45, 7) is 3.78. The summed E-state index contributed by atoms with van der Waals surface area (Å²) in [5.74, 6) is 0. The average molecular weight is 387 g/mol. The molecule has 0 bridgehead atoms. The maximum absolute atomic E-state index is 3.78. The SMILES string of the molecule is C(=C\c1ccccc1)/c1ccccc1.C=CC=C(c1ccccc1)c1ccccc1. The van der Waals surface area contributed by atoms with Crippen molar-refractivity contribution >= 4 is 17.7 Å². The fourth-order valence-electron chi connectivity index (χ4n) is 3.03. The molecule has 0 atom stereocenters. The number of rotatable bonds is 5. The lowest BCUT2D eigenvalue weighted by molar-refractivity contribution is 1.55. The Morgan fingerprint density at radius 1 is 0.467 bits per heavy atom. The van der Waals surface area contributed by atoms with Crippen molar-refractivity contribution in [3.8, 4) is 0 Å². The molecule has 4 aromatic carbocycles. The maximum Gasteiger partial charge on any atom is -0.0112 e. The van der Waals surface area contributed by atoms with E-state index in [-0.39, 0.29) is 0 Å². The summed E-state index contributed by atoms with van der Waals surface area (Å²) in [6, 6.07) is 41.3. The minimum absolute atomic E-state index is 1.20. The molecule has 0 nitrogen and oxygen atoms in total. The first kappa shape index (κ1) is 20.8. The highest BCUT2D eigenvalue weighted by Gasteiger charge is 2.01. The van der Waals surface area contributed by atoms with Crippen molar-refractivity contribution < 1.29 is 0 Å². The highest BCUT2D eigenvalue weighted by molar-refractivity contribution is 5.80. The van der Waals surface area contributed by atoms with E-state index in [1.54, 1.807) is 0 Å². The van der Waals surface area contributed by atoms with Crippen molar-refractivity contribution in [2.24, 2.45) is 0 Å². The van der Waals surface area contributed by atoms with Gasteiger partial charge in [0.2, 0.25) is 0 Å². The molecule has 4 rings (SSSR count). The Labute approximate surface area is 180 Å². The molecule has 4 aromatic rings. The van der Waals surface area contributed by atoms with E-state index in [2.05, 4.69) is 91.5 Å². The van der Waals surface area contributed by atoms with Crippen LogP contribution in [0.1, 0.15) is 22.3 Å². The quantitative estimate of drug-likeness (QED) is 0.240. The molecule has 0 amide bonds. The van der Waals surface area contributed by atoms with Gasteiger partial charge in [-0.3, -0.25) is 0 Å². The Hall–Kier alpha value is -3.90. The number of hydrogen-bond acceptors (Lipinski definition) is 0. The third-order valence-electron chi connectivity index (χ3n) is 4.52. The average Bonchev–Trinajstić information content (AvgIpc) is 2.84. The van der Waals surface area contributed by atoms with Crippen LogP contribution >= 0.6 is 0 Å². The van der Waals surface area contributed by atoms with Gasteiger partial charge in [0.05, 0.1) is 0 Å². The Bertz CT molecular complexity index is 975. The third-order valence-corrected chi connectivity index (χ3v) is 4.52. The lowest BCUT2D eigenvalue weighted by Gasteiger charge is -2.07. The summed E-state index contributed by atoms with van der Waals surface area (Å²) >= 11 is 0. The second-order valence-corrected chi connectivity index (χ2v) is 6.70. The van der Waals surface area contributed by atoms with Gasteiger partial charge in [-0.2, -0.15) is 0 Å². The van der Waals surface area contributed by atoms with Crippen molar-refractivity contribution in [2.45, 2.75) is 0 Å². The van der Waals surface area contributed by atoms with Crippen LogP contribution in [0.4, 0.5) is 0 Å². The van der Waals surface area contributed by atoms with Crippen LogP contribution in [-0.4, -0.2) is 0 Å². The van der Waals surface area contributed by atoms with Crippen LogP contribution in [0.2, 0.25) is 0 Å².